The number of aryl methyl sites for hydroxylation is 1. The van der Waals surface area contributed by atoms with Crippen LogP contribution in [0.1, 0.15) is 46.1 Å². The fraction of sp³-hybridized carbons (Fsp3) is 0.625. The standard InChI is InChI=1S/C16H26ClN/c1-13(11-12-18-16(2,3)4)5-6-14-7-9-15(17)10-8-14/h7-10,13,18H,5-6,11-12H2,1-4H3. The lowest BCUT2D eigenvalue weighted by Gasteiger charge is -2.22. The highest BCUT2D eigenvalue weighted by molar-refractivity contribution is 6.30. The minimum atomic E-state index is 0.232. The molecule has 0 fully saturated rings. The zero-order chi connectivity index (χ0) is 13.6. The molecule has 18 heavy (non-hydrogen) atoms. The van der Waals surface area contributed by atoms with E-state index in [9.17, 15) is 0 Å². The van der Waals surface area contributed by atoms with Gasteiger partial charge in [0.2, 0.25) is 0 Å². The summed E-state index contributed by atoms with van der Waals surface area (Å²) in [4.78, 5) is 0. The zero-order valence-corrected chi connectivity index (χ0v) is 12.8. The van der Waals surface area contributed by atoms with Crippen molar-refractivity contribution in [2.75, 3.05) is 6.54 Å². The summed E-state index contributed by atoms with van der Waals surface area (Å²) in [5, 5.41) is 4.36. The number of benzene rings is 1. The highest BCUT2D eigenvalue weighted by atomic mass is 35.5. The first kappa shape index (κ1) is 15.5. The quantitative estimate of drug-likeness (QED) is 0.789. The molecule has 0 saturated carbocycles. The largest absolute Gasteiger partial charge is 0.312 e. The minimum absolute atomic E-state index is 0.232. The fourth-order valence-corrected chi connectivity index (χ4v) is 2.03. The van der Waals surface area contributed by atoms with Gasteiger partial charge in [0.1, 0.15) is 0 Å². The van der Waals surface area contributed by atoms with E-state index < -0.39 is 0 Å². The third kappa shape index (κ3) is 7.03. The van der Waals surface area contributed by atoms with Crippen LogP contribution in [0.5, 0.6) is 0 Å². The Morgan fingerprint density at radius 2 is 1.72 bits per heavy atom. The lowest BCUT2D eigenvalue weighted by Crippen LogP contribution is -2.36. The molecule has 1 N–H and O–H groups in total. The summed E-state index contributed by atoms with van der Waals surface area (Å²) >= 11 is 5.88. The van der Waals surface area contributed by atoms with E-state index in [0.717, 1.165) is 23.9 Å². The van der Waals surface area contributed by atoms with E-state index in [-0.39, 0.29) is 5.54 Å². The maximum atomic E-state index is 5.88. The second kappa shape index (κ2) is 7.16. The van der Waals surface area contributed by atoms with Crippen LogP contribution in [0.15, 0.2) is 24.3 Å². The monoisotopic (exact) mass is 267 g/mol. The van der Waals surface area contributed by atoms with Crippen LogP contribution in [0, 0.1) is 5.92 Å². The molecule has 0 aliphatic rings. The number of halogens is 1. The van der Waals surface area contributed by atoms with Crippen molar-refractivity contribution >= 4 is 11.6 Å². The molecule has 0 aliphatic heterocycles. The van der Waals surface area contributed by atoms with E-state index in [4.69, 9.17) is 11.6 Å². The van der Waals surface area contributed by atoms with Crippen molar-refractivity contribution < 1.29 is 0 Å². The Kier molecular flexibility index (Phi) is 6.17. The summed E-state index contributed by atoms with van der Waals surface area (Å²) in [5.41, 5.74) is 1.62. The van der Waals surface area contributed by atoms with Crippen LogP contribution in [0.4, 0.5) is 0 Å². The molecule has 1 unspecified atom stereocenters. The van der Waals surface area contributed by atoms with E-state index in [1.54, 1.807) is 0 Å². The van der Waals surface area contributed by atoms with Crippen LogP contribution < -0.4 is 5.32 Å². The van der Waals surface area contributed by atoms with Crippen molar-refractivity contribution in [1.29, 1.82) is 0 Å². The van der Waals surface area contributed by atoms with Crippen molar-refractivity contribution in [3.63, 3.8) is 0 Å². The zero-order valence-electron chi connectivity index (χ0n) is 12.1. The molecule has 2 heteroatoms. The molecule has 0 heterocycles. The first-order chi connectivity index (χ1) is 8.37. The van der Waals surface area contributed by atoms with E-state index in [1.807, 2.05) is 12.1 Å². The average molecular weight is 268 g/mol. The molecule has 0 amide bonds. The summed E-state index contributed by atoms with van der Waals surface area (Å²) in [6.07, 6.45) is 3.63. The number of nitrogens with one attached hydrogen (secondary N) is 1. The topological polar surface area (TPSA) is 12.0 Å². The third-order valence-electron chi connectivity index (χ3n) is 3.13. The van der Waals surface area contributed by atoms with Gasteiger partial charge in [0, 0.05) is 10.6 Å². The Labute approximate surface area is 117 Å². The van der Waals surface area contributed by atoms with Crippen molar-refractivity contribution in [3.05, 3.63) is 34.9 Å². The van der Waals surface area contributed by atoms with Crippen molar-refractivity contribution in [2.24, 2.45) is 5.92 Å². The van der Waals surface area contributed by atoms with Crippen LogP contribution >= 0.6 is 11.6 Å². The van der Waals surface area contributed by atoms with E-state index >= 15 is 0 Å². The molecule has 0 aliphatic carbocycles. The smallest absolute Gasteiger partial charge is 0.0406 e. The van der Waals surface area contributed by atoms with Crippen LogP contribution in [-0.4, -0.2) is 12.1 Å². The van der Waals surface area contributed by atoms with Crippen LogP contribution in [0.25, 0.3) is 0 Å². The molecule has 1 aromatic rings. The molecule has 1 aromatic carbocycles. The molecule has 0 radical (unpaired) electrons. The van der Waals surface area contributed by atoms with Gasteiger partial charge in [-0.25, -0.2) is 0 Å². The minimum Gasteiger partial charge on any atom is -0.312 e. The number of rotatable bonds is 6. The molecule has 102 valence electrons. The SMILES string of the molecule is CC(CCNC(C)(C)C)CCc1ccc(Cl)cc1. The number of hydrogen-bond donors (Lipinski definition) is 1. The second-order valence-electron chi connectivity index (χ2n) is 6.24. The predicted octanol–water partition coefficient (Wildman–Crippen LogP) is 4.69. The van der Waals surface area contributed by atoms with Crippen LogP contribution in [-0.2, 0) is 6.42 Å². The van der Waals surface area contributed by atoms with Gasteiger partial charge < -0.3 is 5.32 Å². The first-order valence-electron chi connectivity index (χ1n) is 6.86. The van der Waals surface area contributed by atoms with Gasteiger partial charge in [-0.15, -0.1) is 0 Å². The van der Waals surface area contributed by atoms with Gasteiger partial charge in [-0.3, -0.25) is 0 Å². The molecule has 0 saturated heterocycles. The van der Waals surface area contributed by atoms with Gasteiger partial charge in [0.05, 0.1) is 0 Å². The normalized spacial score (nSPS) is 13.6. The van der Waals surface area contributed by atoms with Gasteiger partial charge in [-0.2, -0.15) is 0 Å². The van der Waals surface area contributed by atoms with Gasteiger partial charge in [-0.05, 0) is 70.2 Å². The fourth-order valence-electron chi connectivity index (χ4n) is 1.90. The molecule has 1 atom stereocenters. The van der Waals surface area contributed by atoms with Gasteiger partial charge in [-0.1, -0.05) is 30.7 Å². The Hall–Kier alpha value is -0.530. The van der Waals surface area contributed by atoms with E-state index in [2.05, 4.69) is 45.1 Å². The first-order valence-corrected chi connectivity index (χ1v) is 7.24. The number of hydrogen-bond acceptors (Lipinski definition) is 1. The molecular weight excluding hydrogens is 242 g/mol. The second-order valence-corrected chi connectivity index (χ2v) is 6.67. The van der Waals surface area contributed by atoms with Gasteiger partial charge in [0.15, 0.2) is 0 Å². The molecule has 1 nitrogen and oxygen atoms in total. The van der Waals surface area contributed by atoms with Crippen LogP contribution in [0.2, 0.25) is 5.02 Å². The van der Waals surface area contributed by atoms with E-state index in [0.29, 0.717) is 0 Å². The highest BCUT2D eigenvalue weighted by Crippen LogP contribution is 2.15. The van der Waals surface area contributed by atoms with Gasteiger partial charge >= 0.3 is 0 Å². The van der Waals surface area contributed by atoms with Gasteiger partial charge in [0.25, 0.3) is 0 Å². The summed E-state index contributed by atoms with van der Waals surface area (Å²) in [6.45, 7) is 10.1. The van der Waals surface area contributed by atoms with Crippen LogP contribution in [0.3, 0.4) is 0 Å². The molecule has 0 bridgehead atoms. The predicted molar refractivity (Wildman–Crippen MR) is 81.3 cm³/mol. The van der Waals surface area contributed by atoms with Crippen molar-refractivity contribution in [1.82, 2.24) is 5.32 Å². The van der Waals surface area contributed by atoms with Crippen molar-refractivity contribution in [2.45, 2.75) is 52.5 Å². The Bertz CT molecular complexity index is 337. The third-order valence-corrected chi connectivity index (χ3v) is 3.38. The maximum absolute atomic E-state index is 5.88. The highest BCUT2D eigenvalue weighted by Gasteiger charge is 2.09. The lowest BCUT2D eigenvalue weighted by molar-refractivity contribution is 0.386. The molecule has 0 spiro atoms. The summed E-state index contributed by atoms with van der Waals surface area (Å²) in [5.74, 6) is 0.760. The Morgan fingerprint density at radius 3 is 2.28 bits per heavy atom. The summed E-state index contributed by atoms with van der Waals surface area (Å²) in [6, 6.07) is 8.20. The van der Waals surface area contributed by atoms with Crippen molar-refractivity contribution in [3.8, 4) is 0 Å². The maximum Gasteiger partial charge on any atom is 0.0406 e. The Balaban J connectivity index is 2.21. The molecular formula is C16H26ClN. The molecule has 0 aromatic heterocycles. The summed E-state index contributed by atoms with van der Waals surface area (Å²) in [7, 11) is 0. The average Bonchev–Trinajstić information content (AvgIpc) is 2.26. The Morgan fingerprint density at radius 1 is 1.11 bits per heavy atom. The molecule has 1 rings (SSSR count). The summed E-state index contributed by atoms with van der Waals surface area (Å²) < 4.78 is 0. The lowest BCUT2D eigenvalue weighted by atomic mass is 9.98. The van der Waals surface area contributed by atoms with E-state index in [1.165, 1.54) is 18.4 Å².